The van der Waals surface area contributed by atoms with Gasteiger partial charge in [0.25, 0.3) is 0 Å². The molecule has 0 amide bonds. The Kier molecular flexibility index (Phi) is 5.92. The number of aliphatic carboxylic acids is 1. The fraction of sp³-hybridized carbons (Fsp3) is 0.857. The lowest BCUT2D eigenvalue weighted by molar-refractivity contribution is -0.136. The van der Waals surface area contributed by atoms with Crippen LogP contribution in [0, 0.1) is 0 Å². The molecule has 0 spiro atoms. The first kappa shape index (κ1) is 11.6. The van der Waals surface area contributed by atoms with Crippen LogP contribution in [0.15, 0.2) is 0 Å². The van der Waals surface area contributed by atoms with E-state index in [4.69, 9.17) is 5.11 Å². The number of rotatable bonds is 6. The van der Waals surface area contributed by atoms with Gasteiger partial charge >= 0.3 is 5.97 Å². The first-order valence-corrected chi connectivity index (χ1v) is 5.22. The molecule has 0 rings (SSSR count). The summed E-state index contributed by atoms with van der Waals surface area (Å²) in [7, 11) is 2.81. The Morgan fingerprint density at radius 3 is 2.42 bits per heavy atom. The van der Waals surface area contributed by atoms with Crippen molar-refractivity contribution in [2.45, 2.75) is 6.42 Å². The van der Waals surface area contributed by atoms with Gasteiger partial charge in [0, 0.05) is 28.9 Å². The van der Waals surface area contributed by atoms with E-state index in [0.29, 0.717) is 5.75 Å². The van der Waals surface area contributed by atoms with Crippen molar-refractivity contribution in [2.24, 2.45) is 0 Å². The number of carboxylic acids is 1. The monoisotopic (exact) mass is 193 g/mol. The Balaban J connectivity index is 3.40. The molecule has 0 aliphatic carbocycles. The molecule has 0 bridgehead atoms. The summed E-state index contributed by atoms with van der Waals surface area (Å²) in [5, 5.41) is 8.29. The van der Waals surface area contributed by atoms with Crippen molar-refractivity contribution in [3.8, 4) is 0 Å². The highest BCUT2D eigenvalue weighted by Crippen LogP contribution is 1.89. The molecule has 4 nitrogen and oxygen atoms in total. The second-order valence-electron chi connectivity index (χ2n) is 2.80. The molecule has 0 radical (unpaired) electrons. The van der Waals surface area contributed by atoms with E-state index in [2.05, 4.69) is 0 Å². The molecule has 72 valence electrons. The van der Waals surface area contributed by atoms with E-state index in [1.807, 2.05) is 19.0 Å². The predicted molar refractivity (Wildman–Crippen MR) is 48.7 cm³/mol. The molecule has 0 aliphatic rings. The molecule has 0 aromatic carbocycles. The van der Waals surface area contributed by atoms with E-state index in [9.17, 15) is 9.00 Å². The third kappa shape index (κ3) is 7.68. The van der Waals surface area contributed by atoms with Gasteiger partial charge < -0.3 is 10.0 Å². The molecule has 5 heteroatoms. The van der Waals surface area contributed by atoms with Crippen LogP contribution in [0.4, 0.5) is 0 Å². The first-order valence-electron chi connectivity index (χ1n) is 3.74. The maximum Gasteiger partial charge on any atom is 0.304 e. The molecule has 0 saturated carbocycles. The zero-order valence-electron chi connectivity index (χ0n) is 7.45. The standard InChI is InChI=1S/C7H15NO3S/c1-8(2)4-6-12(11)5-3-7(9)10/h3-6H2,1-2H3,(H,9,10). The Morgan fingerprint density at radius 2 is 2.00 bits per heavy atom. The number of carbonyl (C=O) groups is 1. The van der Waals surface area contributed by atoms with E-state index in [0.717, 1.165) is 6.54 Å². The molecule has 1 N–H and O–H groups in total. The van der Waals surface area contributed by atoms with Crippen LogP contribution in [0.1, 0.15) is 6.42 Å². The molecule has 12 heavy (non-hydrogen) atoms. The third-order valence-corrected chi connectivity index (χ3v) is 2.61. The van der Waals surface area contributed by atoms with Crippen molar-refractivity contribution in [1.29, 1.82) is 0 Å². The SMILES string of the molecule is CN(C)CCS(=O)CCC(=O)O. The molecule has 0 aliphatic heterocycles. The minimum absolute atomic E-state index is 0.0000394. The summed E-state index contributed by atoms with van der Waals surface area (Å²) < 4.78 is 11.1. The Hall–Kier alpha value is -0.420. The zero-order chi connectivity index (χ0) is 9.56. The van der Waals surface area contributed by atoms with Crippen LogP contribution in [0.5, 0.6) is 0 Å². The fourth-order valence-electron chi connectivity index (χ4n) is 0.588. The number of hydrogen-bond donors (Lipinski definition) is 1. The summed E-state index contributed by atoms with van der Waals surface area (Å²) in [6.45, 7) is 0.742. The van der Waals surface area contributed by atoms with Crippen LogP contribution in [-0.4, -0.2) is 52.3 Å². The van der Waals surface area contributed by atoms with Gasteiger partial charge in [0.05, 0.1) is 6.42 Å². The minimum atomic E-state index is -0.984. The predicted octanol–water partition coefficient (Wildman–Crippen LogP) is -0.229. The molecule has 0 fully saturated rings. The van der Waals surface area contributed by atoms with Crippen LogP contribution < -0.4 is 0 Å². The van der Waals surface area contributed by atoms with Crippen molar-refractivity contribution < 1.29 is 14.1 Å². The molecule has 0 aromatic rings. The third-order valence-electron chi connectivity index (χ3n) is 1.31. The van der Waals surface area contributed by atoms with Gasteiger partial charge in [-0.1, -0.05) is 0 Å². The molecule has 0 saturated heterocycles. The van der Waals surface area contributed by atoms with E-state index in [1.54, 1.807) is 0 Å². The minimum Gasteiger partial charge on any atom is -0.481 e. The van der Waals surface area contributed by atoms with Crippen molar-refractivity contribution in [3.05, 3.63) is 0 Å². The van der Waals surface area contributed by atoms with Crippen LogP contribution in [0.2, 0.25) is 0 Å². The first-order chi connectivity index (χ1) is 5.52. The maximum absolute atomic E-state index is 11.1. The fourth-order valence-corrected chi connectivity index (χ4v) is 1.76. The smallest absolute Gasteiger partial charge is 0.304 e. The summed E-state index contributed by atoms with van der Waals surface area (Å²) in [4.78, 5) is 12.0. The molecule has 0 heterocycles. The zero-order valence-corrected chi connectivity index (χ0v) is 8.26. The van der Waals surface area contributed by atoms with E-state index in [-0.39, 0.29) is 12.2 Å². The maximum atomic E-state index is 11.1. The van der Waals surface area contributed by atoms with Gasteiger partial charge in [-0.05, 0) is 14.1 Å². The molecule has 1 unspecified atom stereocenters. The second-order valence-corrected chi connectivity index (χ2v) is 4.49. The van der Waals surface area contributed by atoms with Crippen molar-refractivity contribution in [1.82, 2.24) is 4.90 Å². The molecular weight excluding hydrogens is 178 g/mol. The van der Waals surface area contributed by atoms with Gasteiger partial charge in [-0.3, -0.25) is 9.00 Å². The van der Waals surface area contributed by atoms with Crippen molar-refractivity contribution in [2.75, 3.05) is 32.1 Å². The normalized spacial score (nSPS) is 13.2. The number of carboxylic acid groups (broad SMARTS) is 1. The largest absolute Gasteiger partial charge is 0.481 e. The summed E-state index contributed by atoms with van der Waals surface area (Å²) in [6.07, 6.45) is 0.0000394. The molecule has 1 atom stereocenters. The van der Waals surface area contributed by atoms with Crippen LogP contribution in [-0.2, 0) is 15.6 Å². The quantitative estimate of drug-likeness (QED) is 0.633. The van der Waals surface area contributed by atoms with E-state index >= 15 is 0 Å². The van der Waals surface area contributed by atoms with Gasteiger partial charge in [-0.15, -0.1) is 0 Å². The van der Waals surface area contributed by atoms with Crippen LogP contribution in [0.25, 0.3) is 0 Å². The number of nitrogens with zero attached hydrogens (tertiary/aromatic N) is 1. The number of hydrogen-bond acceptors (Lipinski definition) is 3. The highest BCUT2D eigenvalue weighted by molar-refractivity contribution is 7.85. The van der Waals surface area contributed by atoms with Crippen LogP contribution >= 0.6 is 0 Å². The van der Waals surface area contributed by atoms with Gasteiger partial charge in [0.2, 0.25) is 0 Å². The highest BCUT2D eigenvalue weighted by atomic mass is 32.2. The summed E-state index contributed by atoms with van der Waals surface area (Å²) in [6, 6.07) is 0. The van der Waals surface area contributed by atoms with Crippen LogP contribution in [0.3, 0.4) is 0 Å². The Bertz CT molecular complexity index is 170. The summed E-state index contributed by atoms with van der Waals surface area (Å²) in [5.74, 6) is -0.0584. The Morgan fingerprint density at radius 1 is 1.42 bits per heavy atom. The topological polar surface area (TPSA) is 57.6 Å². The van der Waals surface area contributed by atoms with Crippen molar-refractivity contribution >= 4 is 16.8 Å². The lowest BCUT2D eigenvalue weighted by Crippen LogP contribution is -2.20. The van der Waals surface area contributed by atoms with E-state index < -0.39 is 16.8 Å². The lowest BCUT2D eigenvalue weighted by Gasteiger charge is -2.07. The summed E-state index contributed by atoms with van der Waals surface area (Å²) in [5.41, 5.74) is 0. The van der Waals surface area contributed by atoms with Crippen molar-refractivity contribution in [3.63, 3.8) is 0 Å². The average Bonchev–Trinajstić information content (AvgIpc) is 1.96. The molecule has 0 aromatic heterocycles. The lowest BCUT2D eigenvalue weighted by atomic mass is 10.5. The molecular formula is C7H15NO3S. The summed E-state index contributed by atoms with van der Waals surface area (Å²) >= 11 is 0. The second kappa shape index (κ2) is 6.14. The van der Waals surface area contributed by atoms with E-state index in [1.165, 1.54) is 0 Å². The van der Waals surface area contributed by atoms with Gasteiger partial charge in [0.15, 0.2) is 0 Å². The Labute approximate surface area is 75.0 Å². The average molecular weight is 193 g/mol. The van der Waals surface area contributed by atoms with Gasteiger partial charge in [-0.2, -0.15) is 0 Å². The van der Waals surface area contributed by atoms with Gasteiger partial charge in [-0.25, -0.2) is 0 Å². The highest BCUT2D eigenvalue weighted by Gasteiger charge is 2.03. The van der Waals surface area contributed by atoms with Gasteiger partial charge in [0.1, 0.15) is 0 Å².